The van der Waals surface area contributed by atoms with Crippen molar-refractivity contribution in [1.29, 1.82) is 0 Å². The van der Waals surface area contributed by atoms with Crippen LogP contribution in [0.2, 0.25) is 0 Å². The molecule has 0 fully saturated rings. The quantitative estimate of drug-likeness (QED) is 0.614. The van der Waals surface area contributed by atoms with Gasteiger partial charge < -0.3 is 5.32 Å². The molecule has 2 rings (SSSR count). The lowest BCUT2D eigenvalue weighted by Crippen LogP contribution is -2.24. The molecule has 2 aromatic rings. The van der Waals surface area contributed by atoms with Gasteiger partial charge in [-0.2, -0.15) is 0 Å². The van der Waals surface area contributed by atoms with Crippen molar-refractivity contribution in [3.05, 3.63) is 69.2 Å². The Kier molecular flexibility index (Phi) is 5.00. The first kappa shape index (κ1) is 16.0. The zero-order chi connectivity index (χ0) is 15.6. The molecular weight excluding hydrogens is 350 g/mol. The number of rotatable bonds is 4. The standard InChI is InChI=1S/C15H12BrF4N/c1-2-21-15(8-4-3-5-10(16)14(8)20)9-6-12(18)13(19)7-11(9)17/h3-7,15,21H,2H2,1H3. The molecular formula is C15H12BrF4N. The Morgan fingerprint density at radius 3 is 2.33 bits per heavy atom. The number of hydrogen-bond donors (Lipinski definition) is 1. The first-order valence-electron chi connectivity index (χ1n) is 6.27. The number of nitrogens with one attached hydrogen (secondary N) is 1. The molecule has 0 aromatic heterocycles. The Balaban J connectivity index is 2.59. The average Bonchev–Trinajstić information content (AvgIpc) is 2.44. The van der Waals surface area contributed by atoms with E-state index in [1.54, 1.807) is 13.0 Å². The number of hydrogen-bond acceptors (Lipinski definition) is 1. The fourth-order valence-corrected chi connectivity index (χ4v) is 2.48. The van der Waals surface area contributed by atoms with Gasteiger partial charge in [0.1, 0.15) is 11.6 Å². The highest BCUT2D eigenvalue weighted by Gasteiger charge is 2.23. The highest BCUT2D eigenvalue weighted by Crippen LogP contribution is 2.30. The molecule has 1 nitrogen and oxygen atoms in total. The molecule has 0 aliphatic heterocycles. The van der Waals surface area contributed by atoms with Crippen molar-refractivity contribution in [2.45, 2.75) is 13.0 Å². The van der Waals surface area contributed by atoms with Gasteiger partial charge in [0.2, 0.25) is 0 Å². The maximum Gasteiger partial charge on any atom is 0.161 e. The lowest BCUT2D eigenvalue weighted by Gasteiger charge is -2.20. The summed E-state index contributed by atoms with van der Waals surface area (Å²) in [7, 11) is 0. The summed E-state index contributed by atoms with van der Waals surface area (Å²) in [4.78, 5) is 0. The van der Waals surface area contributed by atoms with Crippen molar-refractivity contribution >= 4 is 15.9 Å². The Bertz CT molecular complexity index is 660. The van der Waals surface area contributed by atoms with Crippen molar-refractivity contribution in [3.63, 3.8) is 0 Å². The van der Waals surface area contributed by atoms with Crippen molar-refractivity contribution in [3.8, 4) is 0 Å². The Hall–Kier alpha value is -1.40. The second-order valence-corrected chi connectivity index (χ2v) is 5.28. The smallest absolute Gasteiger partial charge is 0.161 e. The normalized spacial score (nSPS) is 12.5. The molecule has 0 aliphatic carbocycles. The molecule has 0 spiro atoms. The van der Waals surface area contributed by atoms with Crippen molar-refractivity contribution < 1.29 is 17.6 Å². The summed E-state index contributed by atoms with van der Waals surface area (Å²) < 4.78 is 54.8. The molecule has 0 saturated heterocycles. The van der Waals surface area contributed by atoms with E-state index in [0.717, 1.165) is 6.07 Å². The van der Waals surface area contributed by atoms with E-state index in [1.807, 2.05) is 0 Å². The highest BCUT2D eigenvalue weighted by molar-refractivity contribution is 9.10. The monoisotopic (exact) mass is 361 g/mol. The van der Waals surface area contributed by atoms with Crippen LogP contribution in [0, 0.1) is 23.3 Å². The predicted octanol–water partition coefficient (Wildman–Crippen LogP) is 4.70. The van der Waals surface area contributed by atoms with Crippen LogP contribution in [0.1, 0.15) is 24.1 Å². The van der Waals surface area contributed by atoms with Crippen LogP contribution in [0.3, 0.4) is 0 Å². The van der Waals surface area contributed by atoms with Crippen LogP contribution in [0.15, 0.2) is 34.8 Å². The van der Waals surface area contributed by atoms with Crippen LogP contribution >= 0.6 is 15.9 Å². The van der Waals surface area contributed by atoms with Crippen LogP contribution in [0.25, 0.3) is 0 Å². The molecule has 21 heavy (non-hydrogen) atoms. The van der Waals surface area contributed by atoms with Crippen LogP contribution in [-0.2, 0) is 0 Å². The second-order valence-electron chi connectivity index (χ2n) is 4.42. The zero-order valence-electron chi connectivity index (χ0n) is 11.1. The summed E-state index contributed by atoms with van der Waals surface area (Å²) in [6.45, 7) is 2.15. The van der Waals surface area contributed by atoms with Crippen molar-refractivity contribution in [2.24, 2.45) is 0 Å². The van der Waals surface area contributed by atoms with Gasteiger partial charge in [-0.25, -0.2) is 17.6 Å². The van der Waals surface area contributed by atoms with Gasteiger partial charge in [-0.05, 0) is 34.6 Å². The van der Waals surface area contributed by atoms with Gasteiger partial charge in [-0.15, -0.1) is 0 Å². The zero-order valence-corrected chi connectivity index (χ0v) is 12.6. The SMILES string of the molecule is CCNC(c1cc(F)c(F)cc1F)c1cccc(Br)c1F. The van der Waals surface area contributed by atoms with Crippen molar-refractivity contribution in [2.75, 3.05) is 6.54 Å². The van der Waals surface area contributed by atoms with Gasteiger partial charge in [0.25, 0.3) is 0 Å². The van der Waals surface area contributed by atoms with Gasteiger partial charge in [-0.3, -0.25) is 0 Å². The molecule has 1 atom stereocenters. The number of benzene rings is 2. The fourth-order valence-electron chi connectivity index (χ4n) is 2.09. The number of halogens is 5. The summed E-state index contributed by atoms with van der Waals surface area (Å²) in [6, 6.07) is 4.86. The van der Waals surface area contributed by atoms with Gasteiger partial charge in [-0.1, -0.05) is 19.1 Å². The van der Waals surface area contributed by atoms with E-state index < -0.39 is 29.3 Å². The summed E-state index contributed by atoms with van der Waals surface area (Å²) in [6.07, 6.45) is 0. The minimum absolute atomic E-state index is 0.146. The van der Waals surface area contributed by atoms with Gasteiger partial charge in [0, 0.05) is 17.2 Å². The molecule has 0 saturated carbocycles. The Morgan fingerprint density at radius 1 is 1.00 bits per heavy atom. The topological polar surface area (TPSA) is 12.0 Å². The van der Waals surface area contributed by atoms with E-state index >= 15 is 0 Å². The van der Waals surface area contributed by atoms with E-state index in [0.29, 0.717) is 12.6 Å². The molecule has 0 bridgehead atoms. The van der Waals surface area contributed by atoms with E-state index in [4.69, 9.17) is 0 Å². The van der Waals surface area contributed by atoms with E-state index in [-0.39, 0.29) is 15.6 Å². The highest BCUT2D eigenvalue weighted by atomic mass is 79.9. The van der Waals surface area contributed by atoms with Crippen LogP contribution < -0.4 is 5.32 Å². The molecule has 2 aromatic carbocycles. The fraction of sp³-hybridized carbons (Fsp3) is 0.200. The predicted molar refractivity (Wildman–Crippen MR) is 75.9 cm³/mol. The molecule has 0 amide bonds. The molecule has 6 heteroatoms. The Labute approximate surface area is 128 Å². The maximum absolute atomic E-state index is 14.2. The summed E-state index contributed by atoms with van der Waals surface area (Å²) >= 11 is 3.05. The minimum Gasteiger partial charge on any atom is -0.306 e. The molecule has 0 radical (unpaired) electrons. The van der Waals surface area contributed by atoms with E-state index in [1.165, 1.54) is 12.1 Å². The average molecular weight is 362 g/mol. The van der Waals surface area contributed by atoms with Gasteiger partial charge in [0.05, 0.1) is 10.5 Å². The van der Waals surface area contributed by atoms with E-state index in [2.05, 4.69) is 21.2 Å². The lowest BCUT2D eigenvalue weighted by atomic mass is 9.97. The second kappa shape index (κ2) is 6.58. The maximum atomic E-state index is 14.2. The van der Waals surface area contributed by atoms with Crippen LogP contribution in [0.5, 0.6) is 0 Å². The molecule has 112 valence electrons. The summed E-state index contributed by atoms with van der Waals surface area (Å²) in [5.41, 5.74) is 0.00360. The molecule has 1 N–H and O–H groups in total. The van der Waals surface area contributed by atoms with Gasteiger partial charge >= 0.3 is 0 Å². The third-order valence-electron chi connectivity index (χ3n) is 3.05. The lowest BCUT2D eigenvalue weighted by molar-refractivity contribution is 0.477. The van der Waals surface area contributed by atoms with Crippen molar-refractivity contribution in [1.82, 2.24) is 5.32 Å². The first-order chi connectivity index (χ1) is 9.95. The third-order valence-corrected chi connectivity index (χ3v) is 3.66. The van der Waals surface area contributed by atoms with Gasteiger partial charge in [0.15, 0.2) is 11.6 Å². The third kappa shape index (κ3) is 3.27. The summed E-state index contributed by atoms with van der Waals surface area (Å²) in [5, 5.41) is 2.88. The largest absolute Gasteiger partial charge is 0.306 e. The minimum atomic E-state index is -1.28. The van der Waals surface area contributed by atoms with Crippen LogP contribution in [0.4, 0.5) is 17.6 Å². The first-order valence-corrected chi connectivity index (χ1v) is 7.06. The Morgan fingerprint density at radius 2 is 1.67 bits per heavy atom. The summed E-state index contributed by atoms with van der Waals surface area (Å²) in [5.74, 6) is -3.96. The molecule has 1 unspecified atom stereocenters. The molecule has 0 aliphatic rings. The van der Waals surface area contributed by atoms with E-state index in [9.17, 15) is 17.6 Å². The van der Waals surface area contributed by atoms with Crippen LogP contribution in [-0.4, -0.2) is 6.54 Å². The molecule has 0 heterocycles.